The van der Waals surface area contributed by atoms with Gasteiger partial charge < -0.3 is 25.2 Å². The molecule has 0 bridgehead atoms. The zero-order valence-electron chi connectivity index (χ0n) is 16.2. The quantitative estimate of drug-likeness (QED) is 0.774. The Kier molecular flexibility index (Phi) is 6.83. The molecule has 1 aromatic heterocycles. The fraction of sp³-hybridized carbons (Fsp3) is 0.350. The van der Waals surface area contributed by atoms with Crippen LogP contribution in [0.4, 0.5) is 20.6 Å². The van der Waals surface area contributed by atoms with E-state index in [2.05, 4.69) is 15.6 Å². The summed E-state index contributed by atoms with van der Waals surface area (Å²) in [4.78, 5) is 31.6. The molecular weight excluding hydrogens is 377 g/mol. The average molecular weight is 401 g/mol. The van der Waals surface area contributed by atoms with Crippen LogP contribution in [-0.4, -0.2) is 61.2 Å². The molecule has 1 fully saturated rings. The summed E-state index contributed by atoms with van der Waals surface area (Å²) in [5, 5.41) is 5.25. The van der Waals surface area contributed by atoms with Crippen LogP contribution in [0.2, 0.25) is 0 Å². The lowest BCUT2D eigenvalue weighted by atomic mass is 10.2. The van der Waals surface area contributed by atoms with Crippen molar-refractivity contribution in [2.45, 2.75) is 6.92 Å². The van der Waals surface area contributed by atoms with Crippen LogP contribution < -0.4 is 20.3 Å². The van der Waals surface area contributed by atoms with E-state index in [9.17, 15) is 14.0 Å². The molecule has 0 unspecified atom stereocenters. The molecule has 1 aromatic carbocycles. The number of halogens is 1. The SMILES string of the molecule is CCNC(=O)Nc1ccc(OCC(=O)N2CCN(c3ccccc3F)CC2)nc1. The third-order valence-electron chi connectivity index (χ3n) is 4.50. The van der Waals surface area contributed by atoms with Crippen LogP contribution in [0.3, 0.4) is 0 Å². The summed E-state index contributed by atoms with van der Waals surface area (Å²) in [6, 6.07) is 9.56. The average Bonchev–Trinajstić information content (AvgIpc) is 2.74. The highest BCUT2D eigenvalue weighted by Gasteiger charge is 2.23. The maximum atomic E-state index is 13.9. The van der Waals surface area contributed by atoms with Crippen molar-refractivity contribution >= 4 is 23.3 Å². The van der Waals surface area contributed by atoms with Gasteiger partial charge in [-0.15, -0.1) is 0 Å². The van der Waals surface area contributed by atoms with Gasteiger partial charge in [0.15, 0.2) is 6.61 Å². The van der Waals surface area contributed by atoms with Gasteiger partial charge in [0.05, 0.1) is 17.6 Å². The number of urea groups is 1. The van der Waals surface area contributed by atoms with E-state index >= 15 is 0 Å². The Hall–Kier alpha value is -3.36. The molecule has 0 saturated carbocycles. The lowest BCUT2D eigenvalue weighted by molar-refractivity contribution is -0.133. The Bertz CT molecular complexity index is 838. The van der Waals surface area contributed by atoms with Crippen LogP contribution in [0.5, 0.6) is 5.88 Å². The number of pyridine rings is 1. The molecule has 0 radical (unpaired) electrons. The molecule has 0 aliphatic carbocycles. The van der Waals surface area contributed by atoms with Gasteiger partial charge in [0.1, 0.15) is 5.82 Å². The summed E-state index contributed by atoms with van der Waals surface area (Å²) in [7, 11) is 0. The van der Waals surface area contributed by atoms with Crippen molar-refractivity contribution in [1.29, 1.82) is 0 Å². The van der Waals surface area contributed by atoms with Crippen LogP contribution in [0.25, 0.3) is 0 Å². The number of anilines is 2. The summed E-state index contributed by atoms with van der Waals surface area (Å²) in [5.41, 5.74) is 1.08. The van der Waals surface area contributed by atoms with Crippen molar-refractivity contribution < 1.29 is 18.7 Å². The highest BCUT2D eigenvalue weighted by atomic mass is 19.1. The Labute approximate surface area is 168 Å². The van der Waals surface area contributed by atoms with Crippen LogP contribution in [0.15, 0.2) is 42.6 Å². The fourth-order valence-corrected chi connectivity index (χ4v) is 3.01. The molecule has 1 saturated heterocycles. The number of hydrogen-bond donors (Lipinski definition) is 2. The van der Waals surface area contributed by atoms with Gasteiger partial charge in [-0.2, -0.15) is 0 Å². The number of nitrogens with zero attached hydrogens (tertiary/aromatic N) is 3. The van der Waals surface area contributed by atoms with Gasteiger partial charge in [0.2, 0.25) is 5.88 Å². The molecule has 1 aliphatic heterocycles. The second-order valence-corrected chi connectivity index (χ2v) is 6.48. The minimum Gasteiger partial charge on any atom is -0.468 e. The van der Waals surface area contributed by atoms with E-state index in [4.69, 9.17) is 4.74 Å². The van der Waals surface area contributed by atoms with Gasteiger partial charge in [-0.1, -0.05) is 12.1 Å². The van der Waals surface area contributed by atoms with Gasteiger partial charge in [0, 0.05) is 38.8 Å². The molecule has 8 nitrogen and oxygen atoms in total. The van der Waals surface area contributed by atoms with E-state index in [0.717, 1.165) is 0 Å². The normalized spacial score (nSPS) is 13.7. The number of carbonyl (C=O) groups excluding carboxylic acids is 2. The minimum absolute atomic E-state index is 0.129. The number of piperazine rings is 1. The van der Waals surface area contributed by atoms with Gasteiger partial charge in [-0.05, 0) is 25.1 Å². The first kappa shape index (κ1) is 20.4. The summed E-state index contributed by atoms with van der Waals surface area (Å²) in [6.07, 6.45) is 1.46. The largest absolute Gasteiger partial charge is 0.468 e. The molecule has 0 atom stereocenters. The van der Waals surface area contributed by atoms with Crippen molar-refractivity contribution in [3.05, 3.63) is 48.4 Å². The van der Waals surface area contributed by atoms with Crippen LogP contribution in [0.1, 0.15) is 6.92 Å². The first-order valence-electron chi connectivity index (χ1n) is 9.47. The van der Waals surface area contributed by atoms with Crippen molar-refractivity contribution in [3.63, 3.8) is 0 Å². The van der Waals surface area contributed by atoms with Crippen LogP contribution in [-0.2, 0) is 4.79 Å². The van der Waals surface area contributed by atoms with Gasteiger partial charge >= 0.3 is 6.03 Å². The molecule has 0 spiro atoms. The lowest BCUT2D eigenvalue weighted by Crippen LogP contribution is -2.50. The molecule has 3 rings (SSSR count). The monoisotopic (exact) mass is 401 g/mol. The minimum atomic E-state index is -0.312. The van der Waals surface area contributed by atoms with Crippen molar-refractivity contribution in [1.82, 2.24) is 15.2 Å². The second kappa shape index (κ2) is 9.72. The van der Waals surface area contributed by atoms with Gasteiger partial charge in [0.25, 0.3) is 5.91 Å². The molecule has 154 valence electrons. The van der Waals surface area contributed by atoms with Crippen molar-refractivity contribution in [3.8, 4) is 5.88 Å². The number of hydrogen-bond acceptors (Lipinski definition) is 5. The third-order valence-corrected chi connectivity index (χ3v) is 4.50. The highest BCUT2D eigenvalue weighted by molar-refractivity contribution is 5.88. The standard InChI is InChI=1S/C20H24FN5O3/c1-2-22-20(28)24-15-7-8-18(23-13-15)29-14-19(27)26-11-9-25(10-12-26)17-6-4-3-5-16(17)21/h3-8,13H,2,9-12,14H2,1H3,(H2,22,24,28). The molecule has 9 heteroatoms. The summed E-state index contributed by atoms with van der Waals surface area (Å²) < 4.78 is 19.4. The van der Waals surface area contributed by atoms with Gasteiger partial charge in [-0.25, -0.2) is 14.2 Å². The smallest absolute Gasteiger partial charge is 0.319 e. The number of amides is 3. The number of ether oxygens (including phenoxy) is 1. The number of benzene rings is 1. The number of nitrogens with one attached hydrogen (secondary N) is 2. The van der Waals surface area contributed by atoms with Crippen molar-refractivity contribution in [2.75, 3.05) is 49.5 Å². The predicted octanol–water partition coefficient (Wildman–Crippen LogP) is 2.09. The predicted molar refractivity (Wildman–Crippen MR) is 108 cm³/mol. The molecular formula is C20H24FN5O3. The summed E-state index contributed by atoms with van der Waals surface area (Å²) in [5.74, 6) is -0.110. The number of para-hydroxylation sites is 1. The Morgan fingerprint density at radius 1 is 1.14 bits per heavy atom. The van der Waals surface area contributed by atoms with Gasteiger partial charge in [-0.3, -0.25) is 4.79 Å². The molecule has 3 amide bonds. The summed E-state index contributed by atoms with van der Waals surface area (Å²) >= 11 is 0. The van der Waals surface area contributed by atoms with E-state index in [1.165, 1.54) is 12.3 Å². The first-order valence-corrected chi connectivity index (χ1v) is 9.47. The second-order valence-electron chi connectivity index (χ2n) is 6.48. The topological polar surface area (TPSA) is 86.8 Å². The number of rotatable bonds is 6. The molecule has 2 N–H and O–H groups in total. The number of aromatic nitrogens is 1. The third kappa shape index (κ3) is 5.56. The molecule has 2 aromatic rings. The maximum Gasteiger partial charge on any atom is 0.319 e. The summed E-state index contributed by atoms with van der Waals surface area (Å²) in [6.45, 7) is 4.34. The Morgan fingerprint density at radius 3 is 2.55 bits per heavy atom. The lowest BCUT2D eigenvalue weighted by Gasteiger charge is -2.36. The Balaban J connectivity index is 1.44. The maximum absolute atomic E-state index is 13.9. The molecule has 1 aliphatic rings. The fourth-order valence-electron chi connectivity index (χ4n) is 3.01. The molecule has 29 heavy (non-hydrogen) atoms. The van der Waals surface area contributed by atoms with Crippen molar-refractivity contribution in [2.24, 2.45) is 0 Å². The van der Waals surface area contributed by atoms with Crippen LogP contribution >= 0.6 is 0 Å². The highest BCUT2D eigenvalue weighted by Crippen LogP contribution is 2.20. The molecule has 2 heterocycles. The zero-order valence-corrected chi connectivity index (χ0v) is 16.2. The number of carbonyl (C=O) groups is 2. The van der Waals surface area contributed by atoms with E-state index in [-0.39, 0.29) is 24.4 Å². The first-order chi connectivity index (χ1) is 14.1. The van der Waals surface area contributed by atoms with E-state index in [1.807, 2.05) is 11.8 Å². The van der Waals surface area contributed by atoms with E-state index in [0.29, 0.717) is 50.0 Å². The zero-order chi connectivity index (χ0) is 20.6. The Morgan fingerprint density at radius 2 is 1.90 bits per heavy atom. The van der Waals surface area contributed by atoms with E-state index in [1.54, 1.807) is 35.2 Å². The van der Waals surface area contributed by atoms with Crippen LogP contribution in [0, 0.1) is 5.82 Å². The van der Waals surface area contributed by atoms with E-state index < -0.39 is 0 Å².